The van der Waals surface area contributed by atoms with Crippen LogP contribution in [0.4, 0.5) is 0 Å². The first-order chi connectivity index (χ1) is 5.93. The molecule has 0 aromatic rings. The lowest BCUT2D eigenvalue weighted by atomic mass is 10.4. The molecule has 1 saturated heterocycles. The molecule has 3 heteroatoms. The van der Waals surface area contributed by atoms with Gasteiger partial charge < -0.3 is 9.64 Å². The smallest absolute Gasteiger partial charge is 0.0593 e. The van der Waals surface area contributed by atoms with Crippen molar-refractivity contribution in [2.75, 3.05) is 44.9 Å². The molecule has 1 rings (SSSR count). The first-order valence-electron chi connectivity index (χ1n) is 4.72. The summed E-state index contributed by atoms with van der Waals surface area (Å²) in [5.41, 5.74) is 0. The first kappa shape index (κ1) is 10.4. The van der Waals surface area contributed by atoms with Crippen LogP contribution < -0.4 is 0 Å². The lowest BCUT2D eigenvalue weighted by Crippen LogP contribution is -2.24. The van der Waals surface area contributed by atoms with E-state index in [1.54, 1.807) is 0 Å². The van der Waals surface area contributed by atoms with E-state index < -0.39 is 0 Å². The van der Waals surface area contributed by atoms with Crippen molar-refractivity contribution in [1.29, 1.82) is 0 Å². The highest BCUT2D eigenvalue weighted by Gasteiger charge is 2.09. The lowest BCUT2D eigenvalue weighted by molar-refractivity contribution is 0.124. The molecule has 12 heavy (non-hydrogen) atoms. The molecule has 0 bridgehead atoms. The normalized spacial score (nSPS) is 18.8. The maximum Gasteiger partial charge on any atom is 0.0593 e. The Balaban J connectivity index is 1.81. The van der Waals surface area contributed by atoms with E-state index in [1.807, 2.05) is 11.8 Å². The SMILES string of the molecule is CSCCOCCN1CCCC1. The van der Waals surface area contributed by atoms with Crippen LogP contribution >= 0.6 is 11.8 Å². The Bertz CT molecular complexity index is 105. The second-order valence-electron chi connectivity index (χ2n) is 3.15. The molecule has 1 heterocycles. The van der Waals surface area contributed by atoms with Gasteiger partial charge in [0.1, 0.15) is 0 Å². The molecule has 1 aliphatic heterocycles. The summed E-state index contributed by atoms with van der Waals surface area (Å²) < 4.78 is 5.47. The van der Waals surface area contributed by atoms with Gasteiger partial charge in [-0.15, -0.1) is 0 Å². The predicted octanol–water partition coefficient (Wildman–Crippen LogP) is 1.46. The van der Waals surface area contributed by atoms with Crippen molar-refractivity contribution in [2.45, 2.75) is 12.8 Å². The van der Waals surface area contributed by atoms with E-state index in [0.29, 0.717) is 0 Å². The number of likely N-dealkylation sites (tertiary alicyclic amines) is 1. The van der Waals surface area contributed by atoms with Crippen LogP contribution in [0.15, 0.2) is 0 Å². The van der Waals surface area contributed by atoms with E-state index in [4.69, 9.17) is 4.74 Å². The second-order valence-corrected chi connectivity index (χ2v) is 4.14. The minimum atomic E-state index is 0.912. The van der Waals surface area contributed by atoms with Crippen LogP contribution in [0.25, 0.3) is 0 Å². The van der Waals surface area contributed by atoms with Gasteiger partial charge in [-0.3, -0.25) is 0 Å². The Kier molecular flexibility index (Phi) is 5.82. The molecular weight excluding hydrogens is 170 g/mol. The number of thioether (sulfide) groups is 1. The van der Waals surface area contributed by atoms with Gasteiger partial charge in [0.15, 0.2) is 0 Å². The number of hydrogen-bond donors (Lipinski definition) is 0. The third-order valence-corrected chi connectivity index (χ3v) is 2.76. The third kappa shape index (κ3) is 4.33. The highest BCUT2D eigenvalue weighted by Crippen LogP contribution is 2.05. The van der Waals surface area contributed by atoms with Gasteiger partial charge in [-0.2, -0.15) is 11.8 Å². The molecule has 0 aromatic heterocycles. The van der Waals surface area contributed by atoms with Crippen LogP contribution in [-0.2, 0) is 4.74 Å². The summed E-state index contributed by atoms with van der Waals surface area (Å²) >= 11 is 1.85. The average Bonchev–Trinajstić information content (AvgIpc) is 2.57. The highest BCUT2D eigenvalue weighted by molar-refractivity contribution is 7.98. The minimum Gasteiger partial charge on any atom is -0.379 e. The van der Waals surface area contributed by atoms with Crippen LogP contribution in [0.2, 0.25) is 0 Å². The Labute approximate surface area is 79.6 Å². The third-order valence-electron chi connectivity index (χ3n) is 2.18. The van der Waals surface area contributed by atoms with Gasteiger partial charge in [-0.25, -0.2) is 0 Å². The van der Waals surface area contributed by atoms with Crippen molar-refractivity contribution in [2.24, 2.45) is 0 Å². The molecule has 1 fully saturated rings. The van der Waals surface area contributed by atoms with Crippen molar-refractivity contribution in [3.63, 3.8) is 0 Å². The van der Waals surface area contributed by atoms with Crippen LogP contribution in [0.3, 0.4) is 0 Å². The second kappa shape index (κ2) is 6.75. The summed E-state index contributed by atoms with van der Waals surface area (Å²) in [6, 6.07) is 0. The van der Waals surface area contributed by atoms with Crippen molar-refractivity contribution in [3.05, 3.63) is 0 Å². The molecule has 72 valence electrons. The molecule has 0 unspecified atom stereocenters. The summed E-state index contributed by atoms with van der Waals surface area (Å²) in [5.74, 6) is 1.12. The van der Waals surface area contributed by atoms with Crippen LogP contribution in [0.5, 0.6) is 0 Å². The van der Waals surface area contributed by atoms with Gasteiger partial charge in [-0.05, 0) is 32.2 Å². The van der Waals surface area contributed by atoms with Crippen LogP contribution in [0, 0.1) is 0 Å². The Hall–Kier alpha value is 0.270. The largest absolute Gasteiger partial charge is 0.379 e. The van der Waals surface area contributed by atoms with Crippen molar-refractivity contribution < 1.29 is 4.74 Å². The van der Waals surface area contributed by atoms with Crippen molar-refractivity contribution >= 4 is 11.8 Å². The quantitative estimate of drug-likeness (QED) is 0.587. The number of ether oxygens (including phenoxy) is 1. The summed E-state index contributed by atoms with van der Waals surface area (Å²) in [6.45, 7) is 5.53. The molecule has 0 aliphatic carbocycles. The van der Waals surface area contributed by atoms with Gasteiger partial charge in [0, 0.05) is 12.3 Å². The van der Waals surface area contributed by atoms with E-state index in [9.17, 15) is 0 Å². The fourth-order valence-electron chi connectivity index (χ4n) is 1.44. The molecule has 0 spiro atoms. The fourth-order valence-corrected chi connectivity index (χ4v) is 1.73. The van der Waals surface area contributed by atoms with Crippen molar-refractivity contribution in [3.8, 4) is 0 Å². The average molecular weight is 189 g/mol. The summed E-state index contributed by atoms with van der Waals surface area (Å²) in [5, 5.41) is 0. The van der Waals surface area contributed by atoms with E-state index >= 15 is 0 Å². The molecule has 0 aromatic carbocycles. The summed E-state index contributed by atoms with van der Waals surface area (Å²) in [6.07, 6.45) is 4.87. The maximum absolute atomic E-state index is 5.47. The number of nitrogens with zero attached hydrogens (tertiary/aromatic N) is 1. The molecule has 0 atom stereocenters. The van der Waals surface area contributed by atoms with E-state index in [-0.39, 0.29) is 0 Å². The fraction of sp³-hybridized carbons (Fsp3) is 1.00. The Morgan fingerprint density at radius 1 is 1.25 bits per heavy atom. The van der Waals surface area contributed by atoms with Gasteiger partial charge in [-0.1, -0.05) is 0 Å². The van der Waals surface area contributed by atoms with E-state index in [2.05, 4.69) is 11.2 Å². The predicted molar refractivity (Wildman–Crippen MR) is 54.9 cm³/mol. The zero-order chi connectivity index (χ0) is 8.65. The van der Waals surface area contributed by atoms with Crippen LogP contribution in [-0.4, -0.2) is 49.8 Å². The molecule has 1 aliphatic rings. The number of rotatable bonds is 6. The van der Waals surface area contributed by atoms with Gasteiger partial charge in [0.25, 0.3) is 0 Å². The molecule has 2 nitrogen and oxygen atoms in total. The molecule has 0 amide bonds. The van der Waals surface area contributed by atoms with Gasteiger partial charge in [0.05, 0.1) is 13.2 Å². The standard InChI is InChI=1S/C9H19NOS/c1-12-9-8-11-7-6-10-4-2-3-5-10/h2-9H2,1H3. The van der Waals surface area contributed by atoms with E-state index in [1.165, 1.54) is 25.9 Å². The maximum atomic E-state index is 5.47. The topological polar surface area (TPSA) is 12.5 Å². The molecule has 0 saturated carbocycles. The molecule has 0 N–H and O–H groups in total. The summed E-state index contributed by atoms with van der Waals surface area (Å²) in [7, 11) is 0. The zero-order valence-corrected chi connectivity index (χ0v) is 8.74. The number of hydrogen-bond acceptors (Lipinski definition) is 3. The van der Waals surface area contributed by atoms with E-state index in [0.717, 1.165) is 25.5 Å². The van der Waals surface area contributed by atoms with Gasteiger partial charge >= 0.3 is 0 Å². The first-order valence-corrected chi connectivity index (χ1v) is 6.12. The van der Waals surface area contributed by atoms with Crippen LogP contribution in [0.1, 0.15) is 12.8 Å². The van der Waals surface area contributed by atoms with Gasteiger partial charge in [0.2, 0.25) is 0 Å². The molecular formula is C9H19NOS. The summed E-state index contributed by atoms with van der Waals surface area (Å²) in [4.78, 5) is 2.49. The lowest BCUT2D eigenvalue weighted by Gasteiger charge is -2.13. The monoisotopic (exact) mass is 189 g/mol. The van der Waals surface area contributed by atoms with Crippen molar-refractivity contribution in [1.82, 2.24) is 4.90 Å². The Morgan fingerprint density at radius 3 is 2.67 bits per heavy atom. The Morgan fingerprint density at radius 2 is 2.00 bits per heavy atom. The highest BCUT2D eigenvalue weighted by atomic mass is 32.2. The molecule has 0 radical (unpaired) electrons. The zero-order valence-electron chi connectivity index (χ0n) is 7.92. The minimum absolute atomic E-state index is 0.912.